The number of amides is 1. The van der Waals surface area contributed by atoms with Gasteiger partial charge in [0.05, 0.1) is 11.6 Å². The first-order chi connectivity index (χ1) is 18.7. The molecule has 1 atom stereocenters. The maximum atomic E-state index is 15.1. The number of nitrogens with zero attached hydrogens (tertiary/aromatic N) is 1. The number of carbonyl (C=O) groups excluding carboxylic acids is 2. The number of ketones is 1. The summed E-state index contributed by atoms with van der Waals surface area (Å²) in [6.45, 7) is 2.16. The Bertz CT molecular complexity index is 1600. The molecule has 1 fully saturated rings. The number of Topliss-reactive ketones (excluding diaryl/α,β-unsaturated/α-hetero) is 1. The van der Waals surface area contributed by atoms with Crippen LogP contribution in [0.2, 0.25) is 10.0 Å². The summed E-state index contributed by atoms with van der Waals surface area (Å²) < 4.78 is 21.0. The average molecular weight is 562 g/mol. The number of benzene rings is 4. The minimum Gasteiger partial charge on any atom is -0.507 e. The first kappa shape index (κ1) is 26.5. The van der Waals surface area contributed by atoms with Gasteiger partial charge in [0, 0.05) is 26.9 Å². The van der Waals surface area contributed by atoms with Gasteiger partial charge < -0.3 is 9.84 Å². The largest absolute Gasteiger partial charge is 0.507 e. The number of halogens is 3. The molecule has 0 aliphatic carbocycles. The molecule has 8 heteroatoms. The molecule has 1 aliphatic rings. The fourth-order valence-electron chi connectivity index (χ4n) is 4.62. The Labute approximate surface area is 234 Å². The summed E-state index contributed by atoms with van der Waals surface area (Å²) in [5.41, 5.74) is 1.96. The van der Waals surface area contributed by atoms with E-state index in [1.54, 1.807) is 31.2 Å². The van der Waals surface area contributed by atoms with Gasteiger partial charge in [0.25, 0.3) is 11.7 Å². The molecule has 196 valence electrons. The number of ether oxygens (including phenoxy) is 1. The van der Waals surface area contributed by atoms with Gasteiger partial charge in [-0.05, 0) is 60.5 Å². The maximum Gasteiger partial charge on any atom is 0.300 e. The lowest BCUT2D eigenvalue weighted by molar-refractivity contribution is -0.132. The summed E-state index contributed by atoms with van der Waals surface area (Å²) in [6, 6.07) is 23.5. The van der Waals surface area contributed by atoms with Crippen LogP contribution in [0.15, 0.2) is 96.6 Å². The van der Waals surface area contributed by atoms with Crippen LogP contribution in [0.5, 0.6) is 5.75 Å². The molecule has 5 rings (SSSR count). The maximum absolute atomic E-state index is 15.1. The van der Waals surface area contributed by atoms with Gasteiger partial charge in [0.2, 0.25) is 0 Å². The molecule has 1 heterocycles. The van der Waals surface area contributed by atoms with Crippen LogP contribution in [0.1, 0.15) is 28.3 Å². The van der Waals surface area contributed by atoms with Gasteiger partial charge in [-0.3, -0.25) is 14.5 Å². The predicted octanol–water partition coefficient (Wildman–Crippen LogP) is 7.65. The highest BCUT2D eigenvalue weighted by atomic mass is 35.5. The Balaban J connectivity index is 1.59. The highest BCUT2D eigenvalue weighted by Gasteiger charge is 2.48. The average Bonchev–Trinajstić information content (AvgIpc) is 3.17. The number of aliphatic hydroxyl groups is 1. The molecule has 4 aromatic carbocycles. The first-order valence-electron chi connectivity index (χ1n) is 12.0. The fourth-order valence-corrected chi connectivity index (χ4v) is 5.13. The van der Waals surface area contributed by atoms with Gasteiger partial charge in [0.15, 0.2) is 0 Å². The van der Waals surface area contributed by atoms with Crippen molar-refractivity contribution in [2.45, 2.75) is 19.6 Å². The molecular formula is C31H22Cl2FNO4. The standard InChI is InChI=1S/C31H22Cl2FNO4/c1-18-13-20(11-12-26(18)39-17-19-7-3-2-4-8-19)29(36)27-28(24-9-5-6-10-25(24)34)35(31(38)30(27)37)23-15-21(32)14-22(33)16-23/h2-16,28,36H,17H2,1H3/b29-27+. The number of carbonyl (C=O) groups is 2. The summed E-state index contributed by atoms with van der Waals surface area (Å²) in [5.74, 6) is -2.39. The SMILES string of the molecule is Cc1cc(/C(O)=C2\C(=O)C(=O)N(c3cc(Cl)cc(Cl)c3)C2c2ccccc2F)ccc1OCc1ccccc1. The molecule has 0 bridgehead atoms. The van der Waals surface area contributed by atoms with Crippen molar-refractivity contribution < 1.29 is 23.8 Å². The molecule has 0 spiro atoms. The van der Waals surface area contributed by atoms with Gasteiger partial charge in [-0.25, -0.2) is 4.39 Å². The number of hydrogen-bond donors (Lipinski definition) is 1. The van der Waals surface area contributed by atoms with E-state index in [-0.39, 0.29) is 32.4 Å². The summed E-state index contributed by atoms with van der Waals surface area (Å²) >= 11 is 12.3. The van der Waals surface area contributed by atoms with Crippen LogP contribution in [0.3, 0.4) is 0 Å². The Morgan fingerprint density at radius 1 is 0.923 bits per heavy atom. The van der Waals surface area contributed by atoms with E-state index < -0.39 is 29.3 Å². The molecule has 0 saturated carbocycles. The second-order valence-corrected chi connectivity index (χ2v) is 9.95. The lowest BCUT2D eigenvalue weighted by Crippen LogP contribution is -2.29. The highest BCUT2D eigenvalue weighted by Crippen LogP contribution is 2.44. The van der Waals surface area contributed by atoms with Crippen molar-refractivity contribution in [1.82, 2.24) is 0 Å². The van der Waals surface area contributed by atoms with E-state index in [1.165, 1.54) is 36.4 Å². The van der Waals surface area contributed by atoms with Crippen LogP contribution in [-0.2, 0) is 16.2 Å². The van der Waals surface area contributed by atoms with Crippen LogP contribution in [0, 0.1) is 12.7 Å². The van der Waals surface area contributed by atoms with Crippen LogP contribution >= 0.6 is 23.2 Å². The number of hydrogen-bond acceptors (Lipinski definition) is 4. The highest BCUT2D eigenvalue weighted by molar-refractivity contribution is 6.52. The van der Waals surface area contributed by atoms with Crippen molar-refractivity contribution >= 4 is 46.3 Å². The van der Waals surface area contributed by atoms with Crippen LogP contribution in [-0.4, -0.2) is 16.8 Å². The Morgan fingerprint density at radius 3 is 2.26 bits per heavy atom. The molecule has 1 N–H and O–H groups in total. The zero-order valence-corrected chi connectivity index (χ0v) is 22.2. The third kappa shape index (κ3) is 5.26. The Kier molecular flexibility index (Phi) is 7.42. The van der Waals surface area contributed by atoms with Crippen molar-refractivity contribution in [3.05, 3.63) is 135 Å². The number of aryl methyl sites for hydroxylation is 1. The third-order valence-corrected chi connectivity index (χ3v) is 6.89. The number of aliphatic hydroxyl groups excluding tert-OH is 1. The molecular weight excluding hydrogens is 540 g/mol. The number of rotatable bonds is 6. The predicted molar refractivity (Wildman–Crippen MR) is 150 cm³/mol. The van der Waals surface area contributed by atoms with E-state index in [9.17, 15) is 14.7 Å². The molecule has 1 unspecified atom stereocenters. The summed E-state index contributed by atoms with van der Waals surface area (Å²) in [5, 5.41) is 11.9. The van der Waals surface area contributed by atoms with Gasteiger partial charge >= 0.3 is 0 Å². The van der Waals surface area contributed by atoms with Gasteiger partial charge in [0.1, 0.15) is 23.9 Å². The normalized spacial score (nSPS) is 16.5. The van der Waals surface area contributed by atoms with Gasteiger partial charge in [-0.1, -0.05) is 71.7 Å². The van der Waals surface area contributed by atoms with Crippen LogP contribution in [0.25, 0.3) is 5.76 Å². The monoisotopic (exact) mass is 561 g/mol. The summed E-state index contributed by atoms with van der Waals surface area (Å²) in [7, 11) is 0. The van der Waals surface area contributed by atoms with E-state index in [4.69, 9.17) is 27.9 Å². The minimum atomic E-state index is -1.25. The van der Waals surface area contributed by atoms with Crippen LogP contribution < -0.4 is 9.64 Å². The minimum absolute atomic E-state index is 0.0360. The lowest BCUT2D eigenvalue weighted by Gasteiger charge is -2.26. The van der Waals surface area contributed by atoms with E-state index in [2.05, 4.69) is 0 Å². The van der Waals surface area contributed by atoms with Crippen molar-refractivity contribution in [1.29, 1.82) is 0 Å². The van der Waals surface area contributed by atoms with Gasteiger partial charge in [-0.15, -0.1) is 0 Å². The van der Waals surface area contributed by atoms with Gasteiger partial charge in [-0.2, -0.15) is 0 Å². The smallest absolute Gasteiger partial charge is 0.300 e. The second kappa shape index (κ2) is 10.9. The summed E-state index contributed by atoms with van der Waals surface area (Å²) in [6.07, 6.45) is 0. The van der Waals surface area contributed by atoms with Crippen molar-refractivity contribution in [2.24, 2.45) is 0 Å². The molecule has 1 amide bonds. The van der Waals surface area contributed by atoms with Crippen LogP contribution in [0.4, 0.5) is 10.1 Å². The topological polar surface area (TPSA) is 66.8 Å². The Hall–Kier alpha value is -4.13. The second-order valence-electron chi connectivity index (χ2n) is 9.07. The Morgan fingerprint density at radius 2 is 1.59 bits per heavy atom. The van der Waals surface area contributed by atoms with Crippen molar-refractivity contribution in [3.63, 3.8) is 0 Å². The molecule has 0 radical (unpaired) electrons. The van der Waals surface area contributed by atoms with E-state index in [1.807, 2.05) is 30.3 Å². The lowest BCUT2D eigenvalue weighted by atomic mass is 9.94. The zero-order chi connectivity index (χ0) is 27.7. The molecule has 1 saturated heterocycles. The van der Waals surface area contributed by atoms with Crippen molar-refractivity contribution in [2.75, 3.05) is 4.90 Å². The van der Waals surface area contributed by atoms with E-state index >= 15 is 4.39 Å². The molecule has 5 nitrogen and oxygen atoms in total. The summed E-state index contributed by atoms with van der Waals surface area (Å²) in [4.78, 5) is 27.8. The molecule has 39 heavy (non-hydrogen) atoms. The fraction of sp³-hybridized carbons (Fsp3) is 0.0968. The quantitative estimate of drug-likeness (QED) is 0.149. The number of anilines is 1. The molecule has 1 aliphatic heterocycles. The van der Waals surface area contributed by atoms with Crippen molar-refractivity contribution in [3.8, 4) is 5.75 Å². The molecule has 0 aromatic heterocycles. The van der Waals surface area contributed by atoms with E-state index in [0.29, 0.717) is 17.9 Å². The van der Waals surface area contributed by atoms with E-state index in [0.717, 1.165) is 10.5 Å². The third-order valence-electron chi connectivity index (χ3n) is 6.46. The molecule has 4 aromatic rings. The zero-order valence-electron chi connectivity index (χ0n) is 20.7. The first-order valence-corrected chi connectivity index (χ1v) is 12.8.